The zero-order chi connectivity index (χ0) is 32.3. The summed E-state index contributed by atoms with van der Waals surface area (Å²) in [4.78, 5) is 24.0. The molecule has 0 aromatic heterocycles. The summed E-state index contributed by atoms with van der Waals surface area (Å²) < 4.78 is 58.5. The van der Waals surface area contributed by atoms with Crippen LogP contribution in [0.3, 0.4) is 0 Å². The lowest BCUT2D eigenvalue weighted by atomic mass is 9.86. The smallest absolute Gasteiger partial charge is 0.330 e. The molecule has 1 aliphatic heterocycles. The van der Waals surface area contributed by atoms with Crippen molar-refractivity contribution in [3.63, 3.8) is 0 Å². The molecule has 2 atom stereocenters. The predicted octanol–water partition coefficient (Wildman–Crippen LogP) is 4.84. The van der Waals surface area contributed by atoms with E-state index < -0.39 is 25.0 Å². The molecule has 41 heavy (non-hydrogen) atoms. The van der Waals surface area contributed by atoms with Crippen molar-refractivity contribution in [2.75, 3.05) is 61.7 Å². The minimum absolute atomic E-state index is 0.0552. The number of hydrogen-bond donors (Lipinski definition) is 0. The van der Waals surface area contributed by atoms with Crippen LogP contribution in [0.5, 0.6) is 23.0 Å². The van der Waals surface area contributed by atoms with E-state index >= 15 is 0 Å². The number of benzene rings is 2. The summed E-state index contributed by atoms with van der Waals surface area (Å²) in [5, 5.41) is 0. The second kappa shape index (κ2) is 15.3. The second-order valence-corrected chi connectivity index (χ2v) is 9.95. The molecule has 0 bridgehead atoms. The Balaban J connectivity index is 1.86. The normalized spacial score (nSPS) is 19.0. The highest BCUT2D eigenvalue weighted by atomic mass is 16.5. The largest absolute Gasteiger partial charge is 0.493 e. The fraction of sp³-hybridized carbons (Fsp3) is 0.500. The highest BCUT2D eigenvalue weighted by molar-refractivity contribution is 5.81. The highest BCUT2D eigenvalue weighted by Gasteiger charge is 2.40. The van der Waals surface area contributed by atoms with Crippen molar-refractivity contribution in [2.24, 2.45) is 0 Å². The molecule has 0 N–H and O–H groups in total. The van der Waals surface area contributed by atoms with Gasteiger partial charge in [0, 0.05) is 24.5 Å². The van der Waals surface area contributed by atoms with E-state index in [4.69, 9.17) is 32.5 Å². The molecule has 224 valence electrons. The summed E-state index contributed by atoms with van der Waals surface area (Å²) in [7, 11) is 6.23. The third kappa shape index (κ3) is 8.39. The number of likely N-dealkylation sites (N-methyl/N-ethyl adjacent to an activating group) is 1. The van der Waals surface area contributed by atoms with Crippen molar-refractivity contribution in [3.8, 4) is 23.0 Å². The van der Waals surface area contributed by atoms with Gasteiger partial charge in [-0.05, 0) is 54.7 Å². The topological polar surface area (TPSA) is 89.5 Å². The lowest BCUT2D eigenvalue weighted by Gasteiger charge is -2.46. The van der Waals surface area contributed by atoms with Gasteiger partial charge in [0.2, 0.25) is 0 Å². The van der Waals surface area contributed by atoms with Crippen LogP contribution in [0.25, 0.3) is 0 Å². The van der Waals surface area contributed by atoms with Crippen LogP contribution in [0.4, 0.5) is 0 Å². The number of quaternary nitrogens is 1. The second-order valence-electron chi connectivity index (χ2n) is 9.95. The summed E-state index contributed by atoms with van der Waals surface area (Å²) in [5.74, 6) is 1.28. The monoisotopic (exact) mass is 573 g/mol. The average Bonchev–Trinajstić information content (AvgIpc) is 3.02. The van der Waals surface area contributed by atoms with E-state index in [0.29, 0.717) is 61.6 Å². The summed E-state index contributed by atoms with van der Waals surface area (Å²) >= 11 is 0. The molecule has 0 amide bonds. The van der Waals surface area contributed by atoms with E-state index in [1.807, 2.05) is 24.3 Å². The van der Waals surface area contributed by atoms with Crippen molar-refractivity contribution in [3.05, 3.63) is 59.7 Å². The molecule has 9 heteroatoms. The fourth-order valence-corrected chi connectivity index (χ4v) is 5.15. The first-order valence-corrected chi connectivity index (χ1v) is 13.8. The summed E-state index contributed by atoms with van der Waals surface area (Å²) in [6.07, 6.45) is 3.87. The van der Waals surface area contributed by atoms with Crippen LogP contribution in [-0.4, -0.2) is 78.1 Å². The molecule has 1 heterocycles. The predicted molar refractivity (Wildman–Crippen MR) is 156 cm³/mol. The first kappa shape index (κ1) is 27.4. The Morgan fingerprint density at radius 3 is 2.24 bits per heavy atom. The third-order valence-corrected chi connectivity index (χ3v) is 7.44. The summed E-state index contributed by atoms with van der Waals surface area (Å²) in [6, 6.07) is 8.80. The number of hydrogen-bond acceptors (Lipinski definition) is 8. The minimum Gasteiger partial charge on any atom is -0.493 e. The maximum atomic E-state index is 12.9. The number of methoxy groups -OCH3 is 4. The van der Waals surface area contributed by atoms with Gasteiger partial charge in [0.25, 0.3) is 0 Å². The van der Waals surface area contributed by atoms with Crippen LogP contribution in [-0.2, 0) is 31.9 Å². The van der Waals surface area contributed by atoms with Crippen LogP contribution < -0.4 is 18.9 Å². The average molecular weight is 574 g/mol. The van der Waals surface area contributed by atoms with Gasteiger partial charge < -0.3 is 32.9 Å². The van der Waals surface area contributed by atoms with Gasteiger partial charge in [0.1, 0.15) is 6.04 Å². The number of ether oxygens (including phenoxy) is 6. The Labute approximate surface area is 247 Å². The Morgan fingerprint density at radius 1 is 0.927 bits per heavy atom. The van der Waals surface area contributed by atoms with E-state index in [1.54, 1.807) is 34.5 Å². The van der Waals surface area contributed by atoms with Crippen molar-refractivity contribution >= 4 is 11.9 Å². The minimum atomic E-state index is -2.44. The number of carbonyl (C=O) groups excluding carboxylic acids is 2. The molecule has 0 saturated heterocycles. The van der Waals surface area contributed by atoms with Crippen LogP contribution in [0, 0.1) is 0 Å². The van der Waals surface area contributed by atoms with Gasteiger partial charge >= 0.3 is 11.9 Å². The Morgan fingerprint density at radius 2 is 1.59 bits per heavy atom. The molecule has 0 aliphatic carbocycles. The Hall–Kier alpha value is -3.72. The van der Waals surface area contributed by atoms with Crippen molar-refractivity contribution in [2.45, 2.75) is 44.6 Å². The third-order valence-electron chi connectivity index (χ3n) is 7.44. The molecule has 0 fully saturated rings. The van der Waals surface area contributed by atoms with Crippen LogP contribution in [0.2, 0.25) is 0 Å². The number of fused-ring (bicyclic) bond motifs is 1. The van der Waals surface area contributed by atoms with E-state index in [-0.39, 0.29) is 30.7 Å². The van der Waals surface area contributed by atoms with Gasteiger partial charge in [0.05, 0.1) is 72.3 Å². The van der Waals surface area contributed by atoms with Gasteiger partial charge in [0.15, 0.2) is 23.0 Å². The molecule has 3 rings (SSSR count). The number of carbonyl (C=O) groups is 2. The Kier molecular flexibility index (Phi) is 10.3. The van der Waals surface area contributed by atoms with Gasteiger partial charge in [-0.3, -0.25) is 4.79 Å². The molecule has 9 nitrogen and oxygen atoms in total. The maximum Gasteiger partial charge on any atom is 0.330 e. The zero-order valence-corrected chi connectivity index (χ0v) is 24.5. The van der Waals surface area contributed by atoms with E-state index in [0.717, 1.165) is 22.8 Å². The SMILES string of the molecule is [2H]C([2H])([2H])[N@+]1(CCC(=O)OCCCCCOC(=O)C=C)CCc2cc(OC)c(OC)cc2[C@H]1Cc1ccc(OC)c(OC)c1. The molecule has 2 aromatic carbocycles. The number of rotatable bonds is 16. The first-order chi connectivity index (χ1) is 21.0. The maximum absolute atomic E-state index is 12.9. The molecule has 0 saturated carbocycles. The Bertz CT molecular complexity index is 1300. The lowest BCUT2D eigenvalue weighted by molar-refractivity contribution is -0.940. The quantitative estimate of drug-likeness (QED) is 0.122. The number of esters is 2. The standard InChI is InChI=1S/C32H44NO8/c1-7-31(34)40-17-9-8-10-18-41-32(35)14-16-33(2)15-13-24-21-29(38-5)30(39-6)22-25(24)26(33)19-23-11-12-27(36-3)28(20-23)37-4/h7,11-12,20-22,26H,1,8-10,13-19H2,2-6H3/q+1/t26-,33-/m1/s1/i2D3. The molecular formula is C32H44NO8+. The number of nitrogens with zero attached hydrogens (tertiary/aromatic N) is 1. The van der Waals surface area contributed by atoms with Crippen LogP contribution >= 0.6 is 0 Å². The lowest BCUT2D eigenvalue weighted by Crippen LogP contribution is -2.53. The molecular weight excluding hydrogens is 526 g/mol. The molecule has 0 radical (unpaired) electrons. The highest BCUT2D eigenvalue weighted by Crippen LogP contribution is 2.43. The van der Waals surface area contributed by atoms with Crippen LogP contribution in [0.15, 0.2) is 43.0 Å². The van der Waals surface area contributed by atoms with E-state index in [2.05, 4.69) is 6.58 Å². The van der Waals surface area contributed by atoms with Crippen molar-refractivity contribution in [1.29, 1.82) is 0 Å². The van der Waals surface area contributed by atoms with E-state index in [9.17, 15) is 9.59 Å². The molecule has 0 unspecified atom stereocenters. The molecule has 1 aliphatic rings. The van der Waals surface area contributed by atoms with Gasteiger partial charge in [-0.2, -0.15) is 0 Å². The summed E-state index contributed by atoms with van der Waals surface area (Å²) in [6.45, 7) is 1.77. The number of unbranched alkanes of at least 4 members (excludes halogenated alkanes) is 2. The van der Waals surface area contributed by atoms with Gasteiger partial charge in [-0.1, -0.05) is 12.6 Å². The fourth-order valence-electron chi connectivity index (χ4n) is 5.15. The van der Waals surface area contributed by atoms with Gasteiger partial charge in [-0.25, -0.2) is 4.79 Å². The first-order valence-electron chi connectivity index (χ1n) is 15.3. The molecule has 0 spiro atoms. The molecule has 2 aromatic rings. The van der Waals surface area contributed by atoms with Crippen LogP contribution in [0.1, 0.15) is 52.5 Å². The zero-order valence-electron chi connectivity index (χ0n) is 27.5. The summed E-state index contributed by atoms with van der Waals surface area (Å²) in [5.41, 5.74) is 2.68. The van der Waals surface area contributed by atoms with Gasteiger partial charge in [-0.15, -0.1) is 0 Å². The van der Waals surface area contributed by atoms with E-state index in [1.165, 1.54) is 0 Å². The van der Waals surface area contributed by atoms with Crippen molar-refractivity contribution in [1.82, 2.24) is 0 Å². The van der Waals surface area contributed by atoms with Crippen molar-refractivity contribution < 1.29 is 46.6 Å².